The second kappa shape index (κ2) is 10.6. The molecule has 1 spiro atoms. The molecule has 224 valence electrons. The summed E-state index contributed by atoms with van der Waals surface area (Å²) in [5.41, 5.74) is -2.97. The minimum Gasteiger partial charge on any atom is -0.488 e. The Hall–Kier alpha value is -3.80. The maximum atomic E-state index is 13.6. The van der Waals surface area contributed by atoms with Gasteiger partial charge in [-0.3, -0.25) is 14.4 Å². The number of ether oxygens (including phenoxy) is 1. The van der Waals surface area contributed by atoms with Gasteiger partial charge in [0.25, 0.3) is 12.3 Å². The predicted molar refractivity (Wildman–Crippen MR) is 128 cm³/mol. The molecule has 1 aromatic carbocycles. The molecule has 2 aromatic rings. The van der Waals surface area contributed by atoms with Gasteiger partial charge in [-0.1, -0.05) is 0 Å². The Morgan fingerprint density at radius 3 is 2.51 bits per heavy atom. The molecule has 2 aliphatic heterocycles. The number of likely N-dealkylation sites (tertiary alicyclic amines) is 1. The largest absolute Gasteiger partial charge is 0.488 e. The van der Waals surface area contributed by atoms with E-state index in [9.17, 15) is 49.1 Å². The summed E-state index contributed by atoms with van der Waals surface area (Å²) in [6.45, 7) is -0.410. The number of hydrogen-bond acceptors (Lipinski definition) is 6. The second-order valence-electron chi connectivity index (χ2n) is 9.66. The van der Waals surface area contributed by atoms with Crippen molar-refractivity contribution in [3.05, 3.63) is 41.5 Å². The molecule has 1 fully saturated rings. The first-order chi connectivity index (χ1) is 18.9. The molecule has 18 heteroatoms. The molecule has 3 N–H and O–H groups in total. The molecular weight excluding hydrogens is 588 g/mol. The molecule has 4 rings (SSSR count). The van der Waals surface area contributed by atoms with Crippen molar-refractivity contribution in [3.63, 3.8) is 0 Å². The number of aryl methyl sites for hydroxylation is 1. The van der Waals surface area contributed by atoms with Crippen molar-refractivity contribution in [2.24, 2.45) is 7.05 Å². The lowest BCUT2D eigenvalue weighted by atomic mass is 10.0. The minimum atomic E-state index is -4.79. The van der Waals surface area contributed by atoms with Crippen LogP contribution in [0.3, 0.4) is 0 Å². The number of benzene rings is 1. The van der Waals surface area contributed by atoms with E-state index in [1.54, 1.807) is 5.32 Å². The number of nitrogens with one attached hydrogen (secondary N) is 3. The van der Waals surface area contributed by atoms with E-state index in [0.29, 0.717) is 6.92 Å². The monoisotopic (exact) mass is 611 g/mol. The standard InChI is InChI=1S/C23H23F6N5O6S/c1-11(23(27,28)29)30-20(36)21(37)34-6-5-22(9-34)10-40-17-15(41(38,39)32-22)8-33(2)16(17)19(35)31-12-3-4-14(24)13(7-12)18(25)26/h3-4,7-8,11,18,32H,5-6,9-10H2,1-2H3,(H,30,36)(H,31,35)/t11?,22-/m0/s1. The van der Waals surface area contributed by atoms with Gasteiger partial charge in [-0.25, -0.2) is 21.6 Å². The van der Waals surface area contributed by atoms with E-state index in [2.05, 4.69) is 10.0 Å². The third-order valence-electron chi connectivity index (χ3n) is 6.61. The van der Waals surface area contributed by atoms with Gasteiger partial charge in [0.1, 0.15) is 23.4 Å². The van der Waals surface area contributed by atoms with Crippen molar-refractivity contribution in [3.8, 4) is 5.75 Å². The molecule has 3 heterocycles. The molecular formula is C23H23F6N5O6S. The Bertz CT molecular complexity index is 1510. The van der Waals surface area contributed by atoms with E-state index in [4.69, 9.17) is 4.74 Å². The Morgan fingerprint density at radius 2 is 1.88 bits per heavy atom. The summed E-state index contributed by atoms with van der Waals surface area (Å²) in [4.78, 5) is 38.1. The van der Waals surface area contributed by atoms with E-state index in [1.165, 1.54) is 7.05 Å². The van der Waals surface area contributed by atoms with E-state index < -0.39 is 87.1 Å². The summed E-state index contributed by atoms with van der Waals surface area (Å²) in [6, 6.07) is 0.189. The number of aromatic nitrogens is 1. The van der Waals surface area contributed by atoms with Crippen molar-refractivity contribution in [1.82, 2.24) is 19.5 Å². The molecule has 0 radical (unpaired) electrons. The first kappa shape index (κ1) is 30.2. The summed E-state index contributed by atoms with van der Waals surface area (Å²) in [7, 11) is -3.10. The molecule has 1 unspecified atom stereocenters. The summed E-state index contributed by atoms with van der Waals surface area (Å²) in [6.07, 6.45) is -6.97. The fourth-order valence-electron chi connectivity index (χ4n) is 4.46. The number of nitrogens with zero attached hydrogens (tertiary/aromatic N) is 2. The fraction of sp³-hybridized carbons (Fsp3) is 0.435. The highest BCUT2D eigenvalue weighted by Crippen LogP contribution is 2.37. The Kier molecular flexibility index (Phi) is 7.76. The molecule has 2 aliphatic rings. The maximum absolute atomic E-state index is 13.6. The second-order valence-corrected chi connectivity index (χ2v) is 11.3. The lowest BCUT2D eigenvalue weighted by molar-refractivity contribution is -0.162. The number of hydrogen-bond donors (Lipinski definition) is 3. The highest BCUT2D eigenvalue weighted by molar-refractivity contribution is 7.89. The predicted octanol–water partition coefficient (Wildman–Crippen LogP) is 2.06. The lowest BCUT2D eigenvalue weighted by Crippen LogP contribution is -2.55. The van der Waals surface area contributed by atoms with Crippen molar-refractivity contribution in [1.29, 1.82) is 0 Å². The van der Waals surface area contributed by atoms with Crippen LogP contribution in [0.5, 0.6) is 5.75 Å². The number of carbonyl (C=O) groups excluding carboxylic acids is 3. The summed E-state index contributed by atoms with van der Waals surface area (Å²) in [5, 5.41) is 3.85. The van der Waals surface area contributed by atoms with Gasteiger partial charge in [0.15, 0.2) is 11.4 Å². The molecule has 11 nitrogen and oxygen atoms in total. The number of amides is 3. The maximum Gasteiger partial charge on any atom is 0.408 e. The average Bonchev–Trinajstić information content (AvgIpc) is 3.40. The third-order valence-corrected chi connectivity index (χ3v) is 8.19. The first-order valence-corrected chi connectivity index (χ1v) is 13.3. The van der Waals surface area contributed by atoms with Gasteiger partial charge in [-0.15, -0.1) is 0 Å². The first-order valence-electron chi connectivity index (χ1n) is 11.9. The van der Waals surface area contributed by atoms with Gasteiger partial charge in [0.2, 0.25) is 10.0 Å². The third kappa shape index (κ3) is 5.97. The van der Waals surface area contributed by atoms with Crippen LogP contribution in [0.25, 0.3) is 0 Å². The zero-order valence-corrected chi connectivity index (χ0v) is 22.1. The molecule has 1 aromatic heterocycles. The molecule has 0 saturated carbocycles. The van der Waals surface area contributed by atoms with Crippen LogP contribution in [-0.4, -0.2) is 73.1 Å². The molecule has 0 aliphatic carbocycles. The smallest absolute Gasteiger partial charge is 0.408 e. The van der Waals surface area contributed by atoms with E-state index in [-0.39, 0.29) is 24.3 Å². The molecule has 1 saturated heterocycles. The quantitative estimate of drug-likeness (QED) is 0.358. The molecule has 0 bridgehead atoms. The summed E-state index contributed by atoms with van der Waals surface area (Å²) < 4.78 is 114. The van der Waals surface area contributed by atoms with Crippen LogP contribution in [0.2, 0.25) is 0 Å². The topological polar surface area (TPSA) is 139 Å². The highest BCUT2D eigenvalue weighted by atomic mass is 32.2. The van der Waals surface area contributed by atoms with Crippen LogP contribution in [0.4, 0.5) is 32.0 Å². The molecule has 41 heavy (non-hydrogen) atoms. The SMILES string of the molecule is CC(NC(=O)C(=O)N1CC[C@@]2(COc3c(cn(C)c3C(=O)Nc3ccc(F)c(C(F)F)c3)S(=O)(=O)N2)C1)C(F)(F)F. The van der Waals surface area contributed by atoms with Gasteiger partial charge in [-0.2, -0.15) is 17.9 Å². The Balaban J connectivity index is 1.54. The van der Waals surface area contributed by atoms with Crippen molar-refractivity contribution in [2.45, 2.75) is 42.4 Å². The lowest BCUT2D eigenvalue weighted by Gasteiger charge is -2.27. The van der Waals surface area contributed by atoms with Crippen LogP contribution in [0, 0.1) is 5.82 Å². The van der Waals surface area contributed by atoms with Crippen LogP contribution < -0.4 is 20.1 Å². The van der Waals surface area contributed by atoms with Crippen LogP contribution >= 0.6 is 0 Å². The van der Waals surface area contributed by atoms with Gasteiger partial charge in [-0.05, 0) is 31.5 Å². The van der Waals surface area contributed by atoms with Crippen molar-refractivity contribution < 1.29 is 53.9 Å². The van der Waals surface area contributed by atoms with E-state index >= 15 is 0 Å². The molecule has 3 amide bonds. The van der Waals surface area contributed by atoms with Gasteiger partial charge in [0, 0.05) is 32.0 Å². The number of alkyl halides is 5. The number of rotatable bonds is 4. The number of fused-ring (bicyclic) bond motifs is 1. The highest BCUT2D eigenvalue weighted by Gasteiger charge is 2.49. The Morgan fingerprint density at radius 1 is 1.20 bits per heavy atom. The number of carbonyl (C=O) groups is 3. The van der Waals surface area contributed by atoms with Crippen molar-refractivity contribution >= 4 is 33.4 Å². The van der Waals surface area contributed by atoms with Gasteiger partial charge >= 0.3 is 18.0 Å². The van der Waals surface area contributed by atoms with E-state index in [1.807, 2.05) is 0 Å². The van der Waals surface area contributed by atoms with Gasteiger partial charge in [0.05, 0.1) is 11.1 Å². The Labute approximate surface area is 228 Å². The minimum absolute atomic E-state index is 0.0794. The van der Waals surface area contributed by atoms with Crippen molar-refractivity contribution in [2.75, 3.05) is 25.0 Å². The zero-order chi connectivity index (χ0) is 30.5. The average molecular weight is 612 g/mol. The van der Waals surface area contributed by atoms with Crippen LogP contribution in [0.1, 0.15) is 35.8 Å². The van der Waals surface area contributed by atoms with Crippen LogP contribution in [-0.2, 0) is 26.7 Å². The number of anilines is 1. The summed E-state index contributed by atoms with van der Waals surface area (Å²) in [5.74, 6) is -5.38. The number of halogens is 6. The van der Waals surface area contributed by atoms with E-state index in [0.717, 1.165) is 33.9 Å². The zero-order valence-electron chi connectivity index (χ0n) is 21.3. The van der Waals surface area contributed by atoms with Gasteiger partial charge < -0.3 is 24.8 Å². The normalized spacial score (nSPS) is 20.8. The van der Waals surface area contributed by atoms with Crippen LogP contribution in [0.15, 0.2) is 29.3 Å². The molecule has 2 atom stereocenters. The summed E-state index contributed by atoms with van der Waals surface area (Å²) >= 11 is 0. The fourth-order valence-corrected chi connectivity index (χ4v) is 6.06. The number of sulfonamides is 1.